The minimum atomic E-state index is -0.386. The highest BCUT2D eigenvalue weighted by atomic mass is 16.5. The largest absolute Gasteiger partial charge is 0.493 e. The van der Waals surface area contributed by atoms with Crippen LogP contribution in [-0.4, -0.2) is 49.6 Å². The average molecular weight is 491 g/mol. The lowest BCUT2D eigenvalue weighted by Crippen LogP contribution is -2.50. The molecule has 0 radical (unpaired) electrons. The topological polar surface area (TPSA) is 67.9 Å². The van der Waals surface area contributed by atoms with Crippen LogP contribution in [0.3, 0.4) is 0 Å². The molecule has 1 N–H and O–H groups in total. The Morgan fingerprint density at radius 3 is 2.42 bits per heavy atom. The van der Waals surface area contributed by atoms with Crippen molar-refractivity contribution in [2.75, 3.05) is 32.8 Å². The van der Waals surface area contributed by atoms with Gasteiger partial charge in [0.15, 0.2) is 0 Å². The average Bonchev–Trinajstić information content (AvgIpc) is 2.92. The predicted molar refractivity (Wildman–Crippen MR) is 140 cm³/mol. The van der Waals surface area contributed by atoms with Gasteiger partial charge in [0, 0.05) is 25.2 Å². The van der Waals surface area contributed by atoms with Gasteiger partial charge in [0.2, 0.25) is 5.91 Å². The Bertz CT molecular complexity index is 1070. The zero-order valence-electron chi connectivity index (χ0n) is 21.2. The van der Waals surface area contributed by atoms with E-state index < -0.39 is 0 Å². The molecule has 192 valence electrons. The lowest BCUT2D eigenvalue weighted by Gasteiger charge is -2.41. The fourth-order valence-corrected chi connectivity index (χ4v) is 5.85. The molecule has 1 saturated heterocycles. The van der Waals surface area contributed by atoms with Crippen LogP contribution in [0, 0.1) is 5.41 Å². The Balaban J connectivity index is 1.22. The van der Waals surface area contributed by atoms with Crippen molar-refractivity contribution in [1.29, 1.82) is 0 Å². The lowest BCUT2D eigenvalue weighted by molar-refractivity contribution is -0.134. The maximum Gasteiger partial charge on any atom is 0.253 e. The number of hydrogen-bond donors (Lipinski definition) is 1. The molecule has 2 aromatic carbocycles. The van der Waals surface area contributed by atoms with Crippen LogP contribution in [0.5, 0.6) is 11.5 Å². The van der Waals surface area contributed by atoms with Crippen LogP contribution in [0.25, 0.3) is 0 Å². The molecule has 0 atom stereocenters. The molecule has 1 fully saturated rings. The highest BCUT2D eigenvalue weighted by Crippen LogP contribution is 2.38. The van der Waals surface area contributed by atoms with Crippen molar-refractivity contribution >= 4 is 11.8 Å². The van der Waals surface area contributed by atoms with Gasteiger partial charge in [-0.05, 0) is 86.8 Å². The molecule has 3 aliphatic heterocycles. The SMILES string of the molecule is O=C(c1ccc2c(c1)CCCO2)N1CCC2(CCCCCc3ccccc3OCCCNC2=O)CC1. The summed E-state index contributed by atoms with van der Waals surface area (Å²) >= 11 is 0. The minimum absolute atomic E-state index is 0.0651. The maximum absolute atomic E-state index is 13.4. The van der Waals surface area contributed by atoms with Gasteiger partial charge < -0.3 is 19.7 Å². The number of aryl methyl sites for hydroxylation is 2. The number of amides is 2. The molecule has 36 heavy (non-hydrogen) atoms. The first kappa shape index (κ1) is 24.7. The van der Waals surface area contributed by atoms with Crippen LogP contribution in [-0.2, 0) is 17.6 Å². The van der Waals surface area contributed by atoms with Gasteiger partial charge >= 0.3 is 0 Å². The van der Waals surface area contributed by atoms with Gasteiger partial charge in [-0.1, -0.05) is 31.0 Å². The third-order valence-electron chi connectivity index (χ3n) is 8.08. The van der Waals surface area contributed by atoms with Gasteiger partial charge in [-0.2, -0.15) is 0 Å². The Hall–Kier alpha value is -3.02. The first-order chi connectivity index (χ1) is 17.6. The van der Waals surface area contributed by atoms with Gasteiger partial charge in [-0.25, -0.2) is 0 Å². The third-order valence-corrected chi connectivity index (χ3v) is 8.08. The van der Waals surface area contributed by atoms with Crippen molar-refractivity contribution in [3.8, 4) is 11.5 Å². The molecule has 0 aromatic heterocycles. The first-order valence-electron chi connectivity index (χ1n) is 13.7. The van der Waals surface area contributed by atoms with Crippen LogP contribution in [0.2, 0.25) is 0 Å². The second kappa shape index (κ2) is 11.4. The number of nitrogens with one attached hydrogen (secondary N) is 1. The van der Waals surface area contributed by atoms with Crippen molar-refractivity contribution in [3.63, 3.8) is 0 Å². The molecule has 5 rings (SSSR count). The van der Waals surface area contributed by atoms with E-state index in [1.807, 2.05) is 35.2 Å². The Morgan fingerprint density at radius 2 is 1.56 bits per heavy atom. The highest BCUT2D eigenvalue weighted by Gasteiger charge is 2.41. The molecule has 0 saturated carbocycles. The summed E-state index contributed by atoms with van der Waals surface area (Å²) in [6.07, 6.45) is 9.25. The number of fused-ring (bicyclic) bond motifs is 2. The lowest BCUT2D eigenvalue weighted by atomic mass is 9.73. The Kier molecular flexibility index (Phi) is 7.78. The third kappa shape index (κ3) is 5.53. The number of piperidine rings is 1. The van der Waals surface area contributed by atoms with E-state index in [1.165, 1.54) is 5.56 Å². The quantitative estimate of drug-likeness (QED) is 0.615. The minimum Gasteiger partial charge on any atom is -0.493 e. The molecular weight excluding hydrogens is 452 g/mol. The van der Waals surface area contributed by atoms with Crippen molar-refractivity contribution in [1.82, 2.24) is 10.2 Å². The molecule has 2 amide bonds. The van der Waals surface area contributed by atoms with Crippen LogP contribution >= 0.6 is 0 Å². The van der Waals surface area contributed by atoms with Crippen LogP contribution in [0.15, 0.2) is 42.5 Å². The molecule has 6 heteroatoms. The molecule has 6 nitrogen and oxygen atoms in total. The summed E-state index contributed by atoms with van der Waals surface area (Å²) in [7, 11) is 0. The molecule has 0 aliphatic carbocycles. The second-order valence-electron chi connectivity index (χ2n) is 10.5. The van der Waals surface area contributed by atoms with Crippen molar-refractivity contribution in [2.24, 2.45) is 5.41 Å². The molecule has 0 bridgehead atoms. The van der Waals surface area contributed by atoms with E-state index >= 15 is 0 Å². The summed E-state index contributed by atoms with van der Waals surface area (Å²) in [4.78, 5) is 28.6. The van der Waals surface area contributed by atoms with Gasteiger partial charge in [-0.3, -0.25) is 9.59 Å². The van der Waals surface area contributed by atoms with E-state index in [4.69, 9.17) is 9.47 Å². The van der Waals surface area contributed by atoms with Gasteiger partial charge in [-0.15, -0.1) is 0 Å². The zero-order valence-corrected chi connectivity index (χ0v) is 21.2. The number of para-hydroxylation sites is 1. The fourth-order valence-electron chi connectivity index (χ4n) is 5.85. The molecular formula is C30H38N2O4. The van der Waals surface area contributed by atoms with E-state index in [2.05, 4.69) is 17.4 Å². The number of carbonyl (C=O) groups excluding carboxylic acids is 2. The highest BCUT2D eigenvalue weighted by molar-refractivity contribution is 5.95. The van der Waals surface area contributed by atoms with E-state index in [-0.39, 0.29) is 17.2 Å². The summed E-state index contributed by atoms with van der Waals surface area (Å²) in [5.74, 6) is 2.09. The molecule has 1 spiro atoms. The smallest absolute Gasteiger partial charge is 0.253 e. The number of carbonyl (C=O) groups is 2. The molecule has 2 aromatic rings. The standard InChI is InChI=1S/C30H38N2O4/c33-28(25-12-13-27-24(22-25)10-6-20-35-27)32-18-15-30(16-19-32)14-5-1-2-8-23-9-3-4-11-26(23)36-21-7-17-31-29(30)34/h3-4,9,11-13,22H,1-2,5-8,10,14-21H2,(H,31,34). The number of likely N-dealkylation sites (tertiary alicyclic amines) is 1. The van der Waals surface area contributed by atoms with Crippen LogP contribution < -0.4 is 14.8 Å². The number of benzene rings is 2. The maximum atomic E-state index is 13.4. The number of nitrogens with zero attached hydrogens (tertiary/aromatic N) is 1. The summed E-state index contributed by atoms with van der Waals surface area (Å²) in [5.41, 5.74) is 2.74. The second-order valence-corrected chi connectivity index (χ2v) is 10.5. The Labute approximate surface area is 214 Å². The summed E-state index contributed by atoms with van der Waals surface area (Å²) in [6, 6.07) is 14.1. The number of rotatable bonds is 1. The van der Waals surface area contributed by atoms with E-state index in [9.17, 15) is 9.59 Å². The molecule has 3 heterocycles. The van der Waals surface area contributed by atoms with Crippen molar-refractivity contribution in [2.45, 2.75) is 64.2 Å². The van der Waals surface area contributed by atoms with Crippen LogP contribution in [0.4, 0.5) is 0 Å². The molecule has 3 aliphatic rings. The van der Waals surface area contributed by atoms with Gasteiger partial charge in [0.1, 0.15) is 11.5 Å². The predicted octanol–water partition coefficient (Wildman–Crippen LogP) is 4.94. The van der Waals surface area contributed by atoms with Crippen molar-refractivity contribution in [3.05, 3.63) is 59.2 Å². The van der Waals surface area contributed by atoms with Gasteiger partial charge in [0.05, 0.1) is 18.6 Å². The van der Waals surface area contributed by atoms with Gasteiger partial charge in [0.25, 0.3) is 5.91 Å². The van der Waals surface area contributed by atoms with Crippen LogP contribution in [0.1, 0.15) is 72.9 Å². The van der Waals surface area contributed by atoms with E-state index in [0.717, 1.165) is 93.4 Å². The summed E-state index contributed by atoms with van der Waals surface area (Å²) in [5, 5.41) is 3.19. The first-order valence-corrected chi connectivity index (χ1v) is 13.7. The van der Waals surface area contributed by atoms with E-state index in [0.29, 0.717) is 26.2 Å². The number of hydrogen-bond acceptors (Lipinski definition) is 4. The fraction of sp³-hybridized carbons (Fsp3) is 0.533. The summed E-state index contributed by atoms with van der Waals surface area (Å²) in [6.45, 7) is 3.20. The summed E-state index contributed by atoms with van der Waals surface area (Å²) < 4.78 is 11.7. The monoisotopic (exact) mass is 490 g/mol. The zero-order chi connectivity index (χ0) is 24.8. The Morgan fingerprint density at radius 1 is 0.806 bits per heavy atom. The molecule has 0 unspecified atom stereocenters. The normalized spacial score (nSPS) is 20.7. The van der Waals surface area contributed by atoms with E-state index in [1.54, 1.807) is 0 Å². The number of ether oxygens (including phenoxy) is 2. The van der Waals surface area contributed by atoms with Crippen molar-refractivity contribution < 1.29 is 19.1 Å².